The lowest BCUT2D eigenvalue weighted by molar-refractivity contribution is -0.297. The molecule has 0 radical (unpaired) electrons. The Hall–Kier alpha value is -0.380. The lowest BCUT2D eigenvalue weighted by Crippen LogP contribution is -2.18. The van der Waals surface area contributed by atoms with E-state index in [1.165, 1.54) is 0 Å². The molecule has 2 N–H and O–H groups in total. The zero-order valence-electron chi connectivity index (χ0n) is 8.66. The van der Waals surface area contributed by atoms with Crippen LogP contribution in [-0.2, 0) is 4.89 Å². The summed E-state index contributed by atoms with van der Waals surface area (Å²) < 4.78 is 0. The largest absolute Gasteiger partial charge is 0.396 e. The summed E-state index contributed by atoms with van der Waals surface area (Å²) in [6.07, 6.45) is 5.50. The molecular formula is C10H20O3. The SMILES string of the molecule is CC(CC=CC(C)(C)OO)CCO. The minimum absolute atomic E-state index is 0.231. The van der Waals surface area contributed by atoms with E-state index in [1.807, 2.05) is 12.2 Å². The Morgan fingerprint density at radius 1 is 1.46 bits per heavy atom. The van der Waals surface area contributed by atoms with Gasteiger partial charge in [0, 0.05) is 6.61 Å². The number of hydrogen-bond acceptors (Lipinski definition) is 3. The molecule has 78 valence electrons. The molecule has 0 aliphatic rings. The van der Waals surface area contributed by atoms with E-state index >= 15 is 0 Å². The van der Waals surface area contributed by atoms with Crippen LogP contribution < -0.4 is 0 Å². The fourth-order valence-electron chi connectivity index (χ4n) is 0.953. The van der Waals surface area contributed by atoms with Gasteiger partial charge in [-0.3, -0.25) is 5.26 Å². The average Bonchev–Trinajstić information content (AvgIpc) is 2.05. The Bertz CT molecular complexity index is 152. The summed E-state index contributed by atoms with van der Waals surface area (Å²) >= 11 is 0. The molecule has 0 aliphatic carbocycles. The quantitative estimate of drug-likeness (QED) is 0.382. The maximum absolute atomic E-state index is 8.65. The van der Waals surface area contributed by atoms with Crippen LogP contribution in [0.25, 0.3) is 0 Å². The van der Waals surface area contributed by atoms with Gasteiger partial charge in [0.05, 0.1) is 0 Å². The van der Waals surface area contributed by atoms with Crippen LogP contribution in [-0.4, -0.2) is 22.6 Å². The minimum atomic E-state index is -0.612. The Morgan fingerprint density at radius 3 is 2.54 bits per heavy atom. The summed E-state index contributed by atoms with van der Waals surface area (Å²) in [4.78, 5) is 4.24. The highest BCUT2D eigenvalue weighted by molar-refractivity contribution is 4.96. The minimum Gasteiger partial charge on any atom is -0.396 e. The number of aliphatic hydroxyl groups is 1. The van der Waals surface area contributed by atoms with Gasteiger partial charge < -0.3 is 5.11 Å². The van der Waals surface area contributed by atoms with E-state index in [9.17, 15) is 0 Å². The van der Waals surface area contributed by atoms with Crippen molar-refractivity contribution in [1.82, 2.24) is 0 Å². The number of allylic oxidation sites excluding steroid dienone is 1. The van der Waals surface area contributed by atoms with Crippen molar-refractivity contribution in [3.8, 4) is 0 Å². The predicted octanol–water partition coefficient (Wildman–Crippen LogP) is 2.22. The normalized spacial score (nSPS) is 15.2. The second-order valence-corrected chi connectivity index (χ2v) is 3.95. The van der Waals surface area contributed by atoms with Crippen molar-refractivity contribution in [2.24, 2.45) is 5.92 Å². The lowest BCUT2D eigenvalue weighted by atomic mass is 10.0. The van der Waals surface area contributed by atoms with Crippen LogP contribution >= 0.6 is 0 Å². The van der Waals surface area contributed by atoms with Crippen LogP contribution in [0.5, 0.6) is 0 Å². The zero-order valence-corrected chi connectivity index (χ0v) is 8.66. The van der Waals surface area contributed by atoms with Crippen LogP contribution in [0.4, 0.5) is 0 Å². The molecule has 0 spiro atoms. The van der Waals surface area contributed by atoms with Gasteiger partial charge in [-0.2, -0.15) is 0 Å². The van der Waals surface area contributed by atoms with Gasteiger partial charge in [-0.1, -0.05) is 19.1 Å². The Kier molecular flexibility index (Phi) is 5.95. The second-order valence-electron chi connectivity index (χ2n) is 3.95. The summed E-state index contributed by atoms with van der Waals surface area (Å²) in [5.41, 5.74) is -0.612. The molecule has 1 unspecified atom stereocenters. The first-order chi connectivity index (χ1) is 6.02. The van der Waals surface area contributed by atoms with Crippen LogP contribution in [0.15, 0.2) is 12.2 Å². The van der Waals surface area contributed by atoms with Crippen molar-refractivity contribution in [2.75, 3.05) is 6.61 Å². The van der Waals surface area contributed by atoms with Gasteiger partial charge in [0.15, 0.2) is 0 Å². The van der Waals surface area contributed by atoms with Crippen LogP contribution in [0.2, 0.25) is 0 Å². The Morgan fingerprint density at radius 2 is 2.08 bits per heavy atom. The Balaban J connectivity index is 3.73. The van der Waals surface area contributed by atoms with E-state index in [-0.39, 0.29) is 6.61 Å². The fraction of sp³-hybridized carbons (Fsp3) is 0.800. The molecule has 0 rings (SSSR count). The van der Waals surface area contributed by atoms with Crippen molar-refractivity contribution in [1.29, 1.82) is 0 Å². The second kappa shape index (κ2) is 6.13. The monoisotopic (exact) mass is 188 g/mol. The van der Waals surface area contributed by atoms with E-state index in [1.54, 1.807) is 13.8 Å². The smallest absolute Gasteiger partial charge is 0.116 e. The molecule has 0 fully saturated rings. The summed E-state index contributed by atoms with van der Waals surface area (Å²) in [6.45, 7) is 5.86. The van der Waals surface area contributed by atoms with Gasteiger partial charge in [0.2, 0.25) is 0 Å². The van der Waals surface area contributed by atoms with E-state index in [0.717, 1.165) is 12.8 Å². The van der Waals surface area contributed by atoms with Crippen LogP contribution in [0, 0.1) is 5.92 Å². The highest BCUT2D eigenvalue weighted by atomic mass is 17.1. The molecule has 0 saturated heterocycles. The molecular weight excluding hydrogens is 168 g/mol. The van der Waals surface area contributed by atoms with Crippen LogP contribution in [0.1, 0.15) is 33.6 Å². The molecule has 1 atom stereocenters. The van der Waals surface area contributed by atoms with Crippen molar-refractivity contribution in [2.45, 2.75) is 39.2 Å². The average molecular weight is 188 g/mol. The maximum Gasteiger partial charge on any atom is 0.116 e. The van der Waals surface area contributed by atoms with E-state index < -0.39 is 5.60 Å². The number of aliphatic hydroxyl groups excluding tert-OH is 1. The molecule has 3 heteroatoms. The molecule has 0 saturated carbocycles. The molecule has 0 amide bonds. The van der Waals surface area contributed by atoms with Gasteiger partial charge in [-0.15, -0.1) is 0 Å². The molecule has 13 heavy (non-hydrogen) atoms. The van der Waals surface area contributed by atoms with Gasteiger partial charge in [-0.05, 0) is 32.6 Å². The maximum atomic E-state index is 8.65. The Labute approximate surface area is 80.0 Å². The van der Waals surface area contributed by atoms with E-state index in [0.29, 0.717) is 5.92 Å². The molecule has 0 aromatic heterocycles. The first-order valence-electron chi connectivity index (χ1n) is 4.63. The number of hydrogen-bond donors (Lipinski definition) is 2. The topological polar surface area (TPSA) is 49.7 Å². The van der Waals surface area contributed by atoms with Gasteiger partial charge in [-0.25, -0.2) is 4.89 Å². The predicted molar refractivity (Wildman–Crippen MR) is 52.4 cm³/mol. The summed E-state index contributed by atoms with van der Waals surface area (Å²) in [5.74, 6) is 0.468. The lowest BCUT2D eigenvalue weighted by Gasteiger charge is -2.15. The highest BCUT2D eigenvalue weighted by Crippen LogP contribution is 2.12. The first-order valence-corrected chi connectivity index (χ1v) is 4.63. The van der Waals surface area contributed by atoms with Gasteiger partial charge in [0.1, 0.15) is 5.60 Å². The molecule has 0 bridgehead atoms. The fourth-order valence-corrected chi connectivity index (χ4v) is 0.953. The first kappa shape index (κ1) is 12.6. The number of rotatable bonds is 6. The highest BCUT2D eigenvalue weighted by Gasteiger charge is 2.12. The van der Waals surface area contributed by atoms with Gasteiger partial charge >= 0.3 is 0 Å². The summed E-state index contributed by atoms with van der Waals surface area (Å²) in [6, 6.07) is 0. The molecule has 0 aromatic carbocycles. The summed E-state index contributed by atoms with van der Waals surface area (Å²) in [5, 5.41) is 17.1. The molecule has 3 nitrogen and oxygen atoms in total. The zero-order chi connectivity index (χ0) is 10.3. The van der Waals surface area contributed by atoms with E-state index in [4.69, 9.17) is 10.4 Å². The standard InChI is InChI=1S/C10H20O3/c1-9(6-8-11)5-4-7-10(2,3)13-12/h4,7,9,11-12H,5-6,8H2,1-3H3. The third kappa shape index (κ3) is 6.75. The van der Waals surface area contributed by atoms with Crippen molar-refractivity contribution < 1.29 is 15.3 Å². The van der Waals surface area contributed by atoms with E-state index in [2.05, 4.69) is 11.8 Å². The van der Waals surface area contributed by atoms with Crippen molar-refractivity contribution in [3.05, 3.63) is 12.2 Å². The third-order valence-corrected chi connectivity index (χ3v) is 1.91. The van der Waals surface area contributed by atoms with Crippen LogP contribution in [0.3, 0.4) is 0 Å². The summed E-state index contributed by atoms with van der Waals surface area (Å²) in [7, 11) is 0. The molecule has 0 aliphatic heterocycles. The molecule has 0 heterocycles. The third-order valence-electron chi connectivity index (χ3n) is 1.91. The van der Waals surface area contributed by atoms with Crippen molar-refractivity contribution >= 4 is 0 Å². The van der Waals surface area contributed by atoms with Gasteiger partial charge in [0.25, 0.3) is 0 Å². The van der Waals surface area contributed by atoms with Crippen molar-refractivity contribution in [3.63, 3.8) is 0 Å². The molecule has 0 aromatic rings.